The lowest BCUT2D eigenvalue weighted by atomic mass is 9.86. The van der Waals surface area contributed by atoms with Gasteiger partial charge in [-0.2, -0.15) is 0 Å². The molecule has 1 aliphatic heterocycles. The topological polar surface area (TPSA) is 82.8 Å². The van der Waals surface area contributed by atoms with E-state index in [2.05, 4.69) is 40.4 Å². The van der Waals surface area contributed by atoms with E-state index in [1.54, 1.807) is 0 Å². The van der Waals surface area contributed by atoms with E-state index in [9.17, 15) is 4.79 Å². The minimum absolute atomic E-state index is 0. The summed E-state index contributed by atoms with van der Waals surface area (Å²) in [5.41, 5.74) is 6.73. The number of nitrogens with one attached hydrogen (secondary N) is 2. The normalized spacial score (nSPS) is 15.9. The molecule has 0 aliphatic carbocycles. The summed E-state index contributed by atoms with van der Waals surface area (Å²) < 4.78 is 0. The third kappa shape index (κ3) is 10.9. The maximum absolute atomic E-state index is 11.2. The molecule has 1 heterocycles. The van der Waals surface area contributed by atoms with Crippen LogP contribution in [0.25, 0.3) is 0 Å². The van der Waals surface area contributed by atoms with E-state index in [4.69, 9.17) is 17.3 Å². The number of amides is 1. The second-order valence-corrected chi connectivity index (χ2v) is 9.49. The summed E-state index contributed by atoms with van der Waals surface area (Å²) >= 11 is 6.11. The fourth-order valence-electron chi connectivity index (χ4n) is 3.91. The number of nitrogens with two attached hydrogens (primary N) is 1. The standard InChI is InChI=1S/C23H38ClN5O.HI/c1-23(2,16-18-7-6-8-20(24)15-18)17-28-22(26-3)27-11-4-5-12-29-13-9-19(10-14-29)21(25)30;/h6-8,15,19H,4-5,9-14,16-17H2,1-3H3,(H2,25,30)(H2,26,27,28);1H. The molecule has 0 bridgehead atoms. The molecule has 1 saturated heterocycles. The molecule has 1 aromatic carbocycles. The Morgan fingerprint density at radius 1 is 1.26 bits per heavy atom. The minimum atomic E-state index is -0.145. The molecule has 0 atom stereocenters. The molecule has 0 aromatic heterocycles. The van der Waals surface area contributed by atoms with Crippen molar-refractivity contribution >= 4 is 47.4 Å². The van der Waals surface area contributed by atoms with Crippen LogP contribution in [0.5, 0.6) is 0 Å². The van der Waals surface area contributed by atoms with E-state index in [1.165, 1.54) is 5.56 Å². The predicted octanol–water partition coefficient (Wildman–Crippen LogP) is 3.67. The number of guanidine groups is 1. The largest absolute Gasteiger partial charge is 0.369 e. The lowest BCUT2D eigenvalue weighted by molar-refractivity contribution is -0.123. The van der Waals surface area contributed by atoms with Gasteiger partial charge in [0.15, 0.2) is 5.96 Å². The third-order valence-corrected chi connectivity index (χ3v) is 5.95. The van der Waals surface area contributed by atoms with Crippen molar-refractivity contribution in [1.82, 2.24) is 15.5 Å². The summed E-state index contributed by atoms with van der Waals surface area (Å²) in [5.74, 6) is 0.769. The van der Waals surface area contributed by atoms with Crippen LogP contribution >= 0.6 is 35.6 Å². The van der Waals surface area contributed by atoms with Crippen molar-refractivity contribution in [2.24, 2.45) is 22.1 Å². The Kier molecular flexibility index (Phi) is 12.8. The van der Waals surface area contributed by atoms with Gasteiger partial charge in [0, 0.05) is 31.1 Å². The Balaban J connectivity index is 0.00000480. The van der Waals surface area contributed by atoms with E-state index >= 15 is 0 Å². The number of nitrogens with zero attached hydrogens (tertiary/aromatic N) is 2. The summed E-state index contributed by atoms with van der Waals surface area (Å²) in [6.07, 6.45) is 4.96. The van der Waals surface area contributed by atoms with Crippen LogP contribution in [-0.2, 0) is 11.2 Å². The van der Waals surface area contributed by atoms with Gasteiger partial charge < -0.3 is 21.3 Å². The molecule has 0 saturated carbocycles. The van der Waals surface area contributed by atoms with Crippen molar-refractivity contribution in [2.75, 3.05) is 39.8 Å². The molecule has 1 fully saturated rings. The van der Waals surface area contributed by atoms with Crippen LogP contribution in [-0.4, -0.2) is 56.5 Å². The van der Waals surface area contributed by atoms with Gasteiger partial charge in [-0.05, 0) is 74.8 Å². The molecular formula is C23H39ClIN5O. The van der Waals surface area contributed by atoms with Crippen LogP contribution in [0.15, 0.2) is 29.3 Å². The molecule has 6 nitrogen and oxygen atoms in total. The molecule has 31 heavy (non-hydrogen) atoms. The van der Waals surface area contributed by atoms with Gasteiger partial charge in [-0.1, -0.05) is 37.6 Å². The molecule has 0 radical (unpaired) electrons. The number of rotatable bonds is 10. The van der Waals surface area contributed by atoms with Gasteiger partial charge in [-0.25, -0.2) is 0 Å². The number of carbonyl (C=O) groups is 1. The molecule has 1 amide bonds. The lowest BCUT2D eigenvalue weighted by Gasteiger charge is -2.30. The second-order valence-electron chi connectivity index (χ2n) is 9.05. The van der Waals surface area contributed by atoms with Crippen molar-refractivity contribution in [2.45, 2.75) is 46.0 Å². The minimum Gasteiger partial charge on any atom is -0.369 e. The average Bonchev–Trinajstić information content (AvgIpc) is 2.70. The summed E-state index contributed by atoms with van der Waals surface area (Å²) in [6.45, 7) is 9.25. The zero-order valence-corrected chi connectivity index (χ0v) is 22.2. The molecule has 8 heteroatoms. The first-order valence-corrected chi connectivity index (χ1v) is 11.4. The quantitative estimate of drug-likeness (QED) is 0.176. The molecule has 176 valence electrons. The highest BCUT2D eigenvalue weighted by atomic mass is 127. The number of hydrogen-bond donors (Lipinski definition) is 3. The molecule has 1 aromatic rings. The maximum Gasteiger partial charge on any atom is 0.220 e. The van der Waals surface area contributed by atoms with Crippen LogP contribution in [0, 0.1) is 11.3 Å². The predicted molar refractivity (Wildman–Crippen MR) is 141 cm³/mol. The van der Waals surface area contributed by atoms with Gasteiger partial charge in [0.2, 0.25) is 5.91 Å². The highest BCUT2D eigenvalue weighted by Crippen LogP contribution is 2.22. The smallest absolute Gasteiger partial charge is 0.220 e. The molecular weight excluding hydrogens is 525 g/mol. The zero-order valence-electron chi connectivity index (χ0n) is 19.1. The summed E-state index contributed by atoms with van der Waals surface area (Å²) in [7, 11) is 1.81. The van der Waals surface area contributed by atoms with Gasteiger partial charge in [0.25, 0.3) is 0 Å². The Morgan fingerprint density at radius 2 is 1.97 bits per heavy atom. The van der Waals surface area contributed by atoms with Gasteiger partial charge in [0.05, 0.1) is 0 Å². The Labute approximate surface area is 209 Å². The first kappa shape index (κ1) is 28.0. The number of halogens is 2. The maximum atomic E-state index is 11.2. The number of aliphatic imine (C=N–C) groups is 1. The first-order valence-electron chi connectivity index (χ1n) is 11.0. The van der Waals surface area contributed by atoms with E-state index in [0.29, 0.717) is 0 Å². The lowest BCUT2D eigenvalue weighted by Crippen LogP contribution is -2.43. The highest BCUT2D eigenvalue weighted by Gasteiger charge is 2.22. The summed E-state index contributed by atoms with van der Waals surface area (Å²) in [4.78, 5) is 18.0. The van der Waals surface area contributed by atoms with Gasteiger partial charge >= 0.3 is 0 Å². The Morgan fingerprint density at radius 3 is 2.58 bits per heavy atom. The van der Waals surface area contributed by atoms with Crippen molar-refractivity contribution in [3.63, 3.8) is 0 Å². The van der Waals surface area contributed by atoms with Gasteiger partial charge in [-0.3, -0.25) is 9.79 Å². The Hall–Kier alpha value is -1.06. The second kappa shape index (κ2) is 14.2. The number of unbranched alkanes of at least 4 members (excludes halogenated alkanes) is 1. The first-order chi connectivity index (χ1) is 14.3. The van der Waals surface area contributed by atoms with Crippen LogP contribution < -0.4 is 16.4 Å². The molecule has 0 unspecified atom stereocenters. The fourth-order valence-corrected chi connectivity index (χ4v) is 4.13. The van der Waals surface area contributed by atoms with E-state index in [-0.39, 0.29) is 41.2 Å². The number of piperidine rings is 1. The number of carbonyl (C=O) groups excluding carboxylic acids is 1. The number of likely N-dealkylation sites (tertiary alicyclic amines) is 1. The molecule has 0 spiro atoms. The Bertz CT molecular complexity index is 705. The SMILES string of the molecule is CN=C(NCCCCN1CCC(C(N)=O)CC1)NCC(C)(C)Cc1cccc(Cl)c1.I. The number of benzene rings is 1. The number of hydrogen-bond acceptors (Lipinski definition) is 3. The van der Waals surface area contributed by atoms with Gasteiger partial charge in [-0.15, -0.1) is 24.0 Å². The monoisotopic (exact) mass is 563 g/mol. The van der Waals surface area contributed by atoms with Crippen molar-refractivity contribution in [3.8, 4) is 0 Å². The van der Waals surface area contributed by atoms with Crippen LogP contribution in [0.3, 0.4) is 0 Å². The summed E-state index contributed by atoms with van der Waals surface area (Å²) in [5, 5.41) is 7.65. The van der Waals surface area contributed by atoms with Crippen LogP contribution in [0.2, 0.25) is 5.02 Å². The third-order valence-electron chi connectivity index (χ3n) is 5.71. The molecule has 1 aliphatic rings. The van der Waals surface area contributed by atoms with Crippen molar-refractivity contribution in [3.05, 3.63) is 34.9 Å². The van der Waals surface area contributed by atoms with E-state index < -0.39 is 0 Å². The van der Waals surface area contributed by atoms with E-state index in [1.807, 2.05) is 25.2 Å². The van der Waals surface area contributed by atoms with E-state index in [0.717, 1.165) is 75.8 Å². The van der Waals surface area contributed by atoms with Gasteiger partial charge in [0.1, 0.15) is 0 Å². The van der Waals surface area contributed by atoms with Crippen molar-refractivity contribution in [1.29, 1.82) is 0 Å². The van der Waals surface area contributed by atoms with Crippen LogP contribution in [0.4, 0.5) is 0 Å². The average molecular weight is 564 g/mol. The highest BCUT2D eigenvalue weighted by molar-refractivity contribution is 14.0. The molecule has 4 N–H and O–H groups in total. The van der Waals surface area contributed by atoms with Crippen LogP contribution in [0.1, 0.15) is 45.1 Å². The molecule has 2 rings (SSSR count). The summed E-state index contributed by atoms with van der Waals surface area (Å²) in [6, 6.07) is 8.07. The zero-order chi connectivity index (χ0) is 22.0. The number of primary amides is 1. The fraction of sp³-hybridized carbons (Fsp3) is 0.652. The van der Waals surface area contributed by atoms with Crippen molar-refractivity contribution < 1.29 is 4.79 Å².